The number of carboxylic acids is 2. The van der Waals surface area contributed by atoms with E-state index in [4.69, 9.17) is 33.4 Å². The van der Waals surface area contributed by atoms with Gasteiger partial charge < -0.3 is 20.8 Å². The summed E-state index contributed by atoms with van der Waals surface area (Å²) in [4.78, 5) is 32.8. The normalized spacial score (nSPS) is 11.5. The maximum atomic E-state index is 11.6. The summed E-state index contributed by atoms with van der Waals surface area (Å²) in [6.07, 6.45) is -0.732. The van der Waals surface area contributed by atoms with Gasteiger partial charge in [0.25, 0.3) is 0 Å². The van der Waals surface area contributed by atoms with Crippen LogP contribution in [0.1, 0.15) is 6.42 Å². The Morgan fingerprint density at radius 3 is 2.30 bits per heavy atom. The number of benzene rings is 1. The van der Waals surface area contributed by atoms with Gasteiger partial charge in [-0.2, -0.15) is 0 Å². The first-order chi connectivity index (χ1) is 9.29. The monoisotopic (exact) mass is 320 g/mol. The van der Waals surface area contributed by atoms with Gasteiger partial charge in [-0.3, -0.25) is 4.79 Å². The second-order valence-corrected chi connectivity index (χ2v) is 4.53. The number of rotatable bonds is 5. The molecule has 7 nitrogen and oxygen atoms in total. The number of carbonyl (C=O) groups is 3. The third-order valence-corrected chi connectivity index (χ3v) is 2.90. The van der Waals surface area contributed by atoms with E-state index >= 15 is 0 Å². The average Bonchev–Trinajstić information content (AvgIpc) is 2.32. The predicted octanol–water partition coefficient (Wildman–Crippen LogP) is 2.04. The summed E-state index contributed by atoms with van der Waals surface area (Å²) < 4.78 is 0. The first-order valence-electron chi connectivity index (χ1n) is 5.26. The van der Waals surface area contributed by atoms with Gasteiger partial charge in [0.15, 0.2) is 0 Å². The van der Waals surface area contributed by atoms with Crippen molar-refractivity contribution in [3.05, 3.63) is 28.2 Å². The first-order valence-corrected chi connectivity index (χ1v) is 6.02. The van der Waals surface area contributed by atoms with Crippen LogP contribution in [0.15, 0.2) is 18.2 Å². The quantitative estimate of drug-likeness (QED) is 0.662. The Kier molecular flexibility index (Phi) is 5.60. The Morgan fingerprint density at radius 1 is 1.15 bits per heavy atom. The molecule has 2 amide bonds. The molecule has 0 saturated heterocycles. The maximum Gasteiger partial charge on any atom is 0.326 e. The Hall–Kier alpha value is -1.99. The molecule has 1 rings (SSSR count). The van der Waals surface area contributed by atoms with Crippen molar-refractivity contribution in [3.8, 4) is 0 Å². The molecule has 0 saturated carbocycles. The molecule has 0 spiro atoms. The fourth-order valence-electron chi connectivity index (χ4n) is 1.27. The number of carboxylic acid groups (broad SMARTS) is 2. The van der Waals surface area contributed by atoms with E-state index in [1.54, 1.807) is 0 Å². The van der Waals surface area contributed by atoms with Crippen LogP contribution in [-0.4, -0.2) is 34.2 Å². The number of amides is 2. The minimum Gasteiger partial charge on any atom is -0.481 e. The van der Waals surface area contributed by atoms with Crippen LogP contribution in [0.3, 0.4) is 0 Å². The first kappa shape index (κ1) is 16.1. The third kappa shape index (κ3) is 4.94. The van der Waals surface area contributed by atoms with Crippen molar-refractivity contribution in [1.29, 1.82) is 0 Å². The zero-order chi connectivity index (χ0) is 15.3. The van der Waals surface area contributed by atoms with Gasteiger partial charge in [0.2, 0.25) is 0 Å². The zero-order valence-electron chi connectivity index (χ0n) is 9.89. The molecule has 0 heterocycles. The number of hydrogen-bond acceptors (Lipinski definition) is 3. The molecular weight excluding hydrogens is 311 g/mol. The Morgan fingerprint density at radius 2 is 1.80 bits per heavy atom. The summed E-state index contributed by atoms with van der Waals surface area (Å²) in [5, 5.41) is 22.2. The van der Waals surface area contributed by atoms with Crippen LogP contribution in [0.4, 0.5) is 10.5 Å². The van der Waals surface area contributed by atoms with Gasteiger partial charge in [-0.25, -0.2) is 9.59 Å². The van der Waals surface area contributed by atoms with E-state index in [1.807, 2.05) is 5.32 Å². The van der Waals surface area contributed by atoms with Crippen LogP contribution in [0.2, 0.25) is 10.0 Å². The fourth-order valence-corrected chi connectivity index (χ4v) is 1.57. The summed E-state index contributed by atoms with van der Waals surface area (Å²) in [5.41, 5.74) is 0.288. The summed E-state index contributed by atoms with van der Waals surface area (Å²) in [6, 6.07) is 1.88. The minimum absolute atomic E-state index is 0.213. The maximum absolute atomic E-state index is 11.6. The second-order valence-electron chi connectivity index (χ2n) is 3.72. The fraction of sp³-hybridized carbons (Fsp3) is 0.182. The Labute approximate surface area is 123 Å². The van der Waals surface area contributed by atoms with Crippen LogP contribution in [0, 0.1) is 0 Å². The number of aliphatic carboxylic acids is 2. The van der Waals surface area contributed by atoms with Crippen LogP contribution in [0.5, 0.6) is 0 Å². The Balaban J connectivity index is 2.67. The van der Waals surface area contributed by atoms with Crippen LogP contribution in [-0.2, 0) is 9.59 Å². The van der Waals surface area contributed by atoms with Gasteiger partial charge in [0.05, 0.1) is 16.5 Å². The molecule has 0 bridgehead atoms. The number of carbonyl (C=O) groups excluding carboxylic acids is 1. The highest BCUT2D eigenvalue weighted by molar-refractivity contribution is 6.42. The molecule has 4 N–H and O–H groups in total. The van der Waals surface area contributed by atoms with Crippen molar-refractivity contribution >= 4 is 46.9 Å². The summed E-state index contributed by atoms with van der Waals surface area (Å²) in [5.74, 6) is -2.79. The lowest BCUT2D eigenvalue weighted by Gasteiger charge is -2.13. The second kappa shape index (κ2) is 6.97. The molecule has 0 fully saturated rings. The smallest absolute Gasteiger partial charge is 0.326 e. The molecule has 20 heavy (non-hydrogen) atoms. The van der Waals surface area contributed by atoms with Gasteiger partial charge in [-0.1, -0.05) is 23.2 Å². The highest BCUT2D eigenvalue weighted by Crippen LogP contribution is 2.24. The van der Waals surface area contributed by atoms with Gasteiger partial charge in [-0.05, 0) is 18.2 Å². The van der Waals surface area contributed by atoms with E-state index in [2.05, 4.69) is 5.32 Å². The summed E-state index contributed by atoms with van der Waals surface area (Å²) in [7, 11) is 0. The van der Waals surface area contributed by atoms with Gasteiger partial charge >= 0.3 is 18.0 Å². The molecule has 0 radical (unpaired) electrons. The topological polar surface area (TPSA) is 116 Å². The molecule has 108 valence electrons. The van der Waals surface area contributed by atoms with E-state index < -0.39 is 30.4 Å². The molecule has 0 aliphatic heterocycles. The minimum atomic E-state index is -1.53. The van der Waals surface area contributed by atoms with Gasteiger partial charge in [0, 0.05) is 5.69 Å². The lowest BCUT2D eigenvalue weighted by molar-refractivity contribution is -0.145. The summed E-state index contributed by atoms with van der Waals surface area (Å²) in [6.45, 7) is 0. The molecule has 9 heteroatoms. The standard InChI is InChI=1S/C11H10Cl2N2O5/c12-6-2-1-5(3-7(6)13)14-11(20)15-8(10(18)19)4-9(16)17/h1-3,8H,4H2,(H,16,17)(H,18,19)(H2,14,15,20). The molecule has 1 aromatic rings. The molecule has 1 unspecified atom stereocenters. The van der Waals surface area contributed by atoms with Crippen molar-refractivity contribution in [2.45, 2.75) is 12.5 Å². The average molecular weight is 321 g/mol. The zero-order valence-corrected chi connectivity index (χ0v) is 11.4. The molecule has 0 aliphatic carbocycles. The van der Waals surface area contributed by atoms with E-state index in [9.17, 15) is 14.4 Å². The number of anilines is 1. The van der Waals surface area contributed by atoms with Crippen molar-refractivity contribution in [1.82, 2.24) is 5.32 Å². The lowest BCUT2D eigenvalue weighted by Crippen LogP contribution is -2.44. The largest absolute Gasteiger partial charge is 0.481 e. The molecular formula is C11H10Cl2N2O5. The van der Waals surface area contributed by atoms with Crippen molar-refractivity contribution < 1.29 is 24.6 Å². The van der Waals surface area contributed by atoms with Crippen molar-refractivity contribution in [3.63, 3.8) is 0 Å². The number of halogens is 2. The number of urea groups is 1. The van der Waals surface area contributed by atoms with Gasteiger partial charge in [0.1, 0.15) is 6.04 Å². The molecule has 0 aromatic heterocycles. The van der Waals surface area contributed by atoms with Crippen LogP contribution in [0.25, 0.3) is 0 Å². The van der Waals surface area contributed by atoms with E-state index in [1.165, 1.54) is 18.2 Å². The molecule has 1 aromatic carbocycles. The van der Waals surface area contributed by atoms with Crippen LogP contribution >= 0.6 is 23.2 Å². The van der Waals surface area contributed by atoms with Crippen LogP contribution < -0.4 is 10.6 Å². The molecule has 1 atom stereocenters. The highest BCUT2D eigenvalue weighted by Gasteiger charge is 2.23. The lowest BCUT2D eigenvalue weighted by atomic mass is 10.2. The molecule has 0 aliphatic rings. The van der Waals surface area contributed by atoms with Gasteiger partial charge in [-0.15, -0.1) is 0 Å². The third-order valence-electron chi connectivity index (χ3n) is 2.16. The number of nitrogens with one attached hydrogen (secondary N) is 2. The number of hydrogen-bond donors (Lipinski definition) is 4. The summed E-state index contributed by atoms with van der Waals surface area (Å²) >= 11 is 11.4. The van der Waals surface area contributed by atoms with Crippen molar-refractivity contribution in [2.24, 2.45) is 0 Å². The highest BCUT2D eigenvalue weighted by atomic mass is 35.5. The van der Waals surface area contributed by atoms with Crippen molar-refractivity contribution in [2.75, 3.05) is 5.32 Å². The SMILES string of the molecule is O=C(O)CC(NC(=O)Nc1ccc(Cl)c(Cl)c1)C(=O)O. The van der Waals surface area contributed by atoms with E-state index in [-0.39, 0.29) is 10.7 Å². The predicted molar refractivity (Wildman–Crippen MR) is 72.3 cm³/mol. The van der Waals surface area contributed by atoms with E-state index in [0.717, 1.165) is 0 Å². The Bertz CT molecular complexity index is 550. The van der Waals surface area contributed by atoms with E-state index in [0.29, 0.717) is 5.02 Å².